The SMILES string of the molecule is Cc1nn(CC(F)(F)F)c(C)c1C(C)C(=O)N1CCC(C(=O)O)CC1. The standard InChI is InChI=1S/C16H22F3N3O3/c1-9(14(23)21-6-4-12(5-7-21)15(24)25)13-10(2)20-22(11(13)3)8-16(17,18)19/h9,12H,4-8H2,1-3H3,(H,24,25). The number of halogens is 3. The number of nitrogens with zero attached hydrogens (tertiary/aromatic N) is 3. The smallest absolute Gasteiger partial charge is 0.408 e. The average Bonchev–Trinajstić information content (AvgIpc) is 2.78. The van der Waals surface area contributed by atoms with Crippen LogP contribution in [0, 0.1) is 19.8 Å². The fourth-order valence-corrected chi connectivity index (χ4v) is 3.41. The minimum atomic E-state index is -4.38. The Morgan fingerprint density at radius 3 is 2.32 bits per heavy atom. The summed E-state index contributed by atoms with van der Waals surface area (Å²) in [6.07, 6.45) is -3.61. The number of rotatable bonds is 4. The van der Waals surface area contributed by atoms with Crippen molar-refractivity contribution < 1.29 is 27.9 Å². The fourth-order valence-electron chi connectivity index (χ4n) is 3.41. The molecule has 1 N–H and O–H groups in total. The molecule has 1 unspecified atom stereocenters. The van der Waals surface area contributed by atoms with Crippen LogP contribution in [0.2, 0.25) is 0 Å². The van der Waals surface area contributed by atoms with Crippen LogP contribution in [0.1, 0.15) is 42.6 Å². The van der Waals surface area contributed by atoms with Crippen molar-refractivity contribution in [1.82, 2.24) is 14.7 Å². The maximum atomic E-state index is 12.7. The molecule has 2 heterocycles. The lowest BCUT2D eigenvalue weighted by Crippen LogP contribution is -2.42. The minimum Gasteiger partial charge on any atom is -0.481 e. The molecule has 0 saturated carbocycles. The molecule has 1 aliphatic heterocycles. The molecule has 0 bridgehead atoms. The van der Waals surface area contributed by atoms with Gasteiger partial charge >= 0.3 is 12.1 Å². The number of amides is 1. The molecule has 1 aliphatic rings. The van der Waals surface area contributed by atoms with E-state index in [0.29, 0.717) is 42.9 Å². The maximum absolute atomic E-state index is 12.7. The lowest BCUT2D eigenvalue weighted by Gasteiger charge is -2.32. The van der Waals surface area contributed by atoms with Gasteiger partial charge in [-0.05, 0) is 33.6 Å². The molecule has 0 aliphatic carbocycles. The number of carboxylic acid groups (broad SMARTS) is 1. The van der Waals surface area contributed by atoms with Crippen molar-refractivity contribution in [3.05, 3.63) is 17.0 Å². The van der Waals surface area contributed by atoms with Gasteiger partial charge in [-0.1, -0.05) is 0 Å². The first-order valence-electron chi connectivity index (χ1n) is 8.13. The largest absolute Gasteiger partial charge is 0.481 e. The van der Waals surface area contributed by atoms with Gasteiger partial charge in [0.25, 0.3) is 0 Å². The summed E-state index contributed by atoms with van der Waals surface area (Å²) in [5, 5.41) is 12.9. The van der Waals surface area contributed by atoms with Gasteiger partial charge in [0.05, 0.1) is 17.5 Å². The maximum Gasteiger partial charge on any atom is 0.408 e. The third kappa shape index (κ3) is 4.32. The van der Waals surface area contributed by atoms with Crippen LogP contribution in [0.25, 0.3) is 0 Å². The number of likely N-dealkylation sites (tertiary alicyclic amines) is 1. The van der Waals surface area contributed by atoms with Crippen LogP contribution < -0.4 is 0 Å². The Morgan fingerprint density at radius 2 is 1.84 bits per heavy atom. The second-order valence-electron chi connectivity index (χ2n) is 6.52. The van der Waals surface area contributed by atoms with Crippen molar-refractivity contribution in [2.75, 3.05) is 13.1 Å². The highest BCUT2D eigenvalue weighted by Crippen LogP contribution is 2.29. The molecule has 1 aromatic rings. The van der Waals surface area contributed by atoms with E-state index in [9.17, 15) is 22.8 Å². The van der Waals surface area contributed by atoms with Gasteiger partial charge in [-0.25, -0.2) is 0 Å². The van der Waals surface area contributed by atoms with Crippen molar-refractivity contribution in [1.29, 1.82) is 0 Å². The Morgan fingerprint density at radius 1 is 1.28 bits per heavy atom. The molecule has 1 fully saturated rings. The molecule has 1 amide bonds. The van der Waals surface area contributed by atoms with E-state index in [-0.39, 0.29) is 5.91 Å². The van der Waals surface area contributed by atoms with Gasteiger partial charge in [0.15, 0.2) is 0 Å². The van der Waals surface area contributed by atoms with E-state index in [1.165, 1.54) is 6.92 Å². The van der Waals surface area contributed by atoms with E-state index in [2.05, 4.69) is 5.10 Å². The monoisotopic (exact) mass is 361 g/mol. The van der Waals surface area contributed by atoms with Crippen LogP contribution in [0.5, 0.6) is 0 Å². The zero-order valence-electron chi connectivity index (χ0n) is 14.4. The number of alkyl halides is 3. The summed E-state index contributed by atoms with van der Waals surface area (Å²) in [5.74, 6) is -2.14. The number of aliphatic carboxylic acids is 1. The number of hydrogen-bond acceptors (Lipinski definition) is 3. The number of aromatic nitrogens is 2. The van der Waals surface area contributed by atoms with Gasteiger partial charge < -0.3 is 10.0 Å². The predicted molar refractivity (Wildman–Crippen MR) is 83.1 cm³/mol. The molecule has 9 heteroatoms. The van der Waals surface area contributed by atoms with Crippen molar-refractivity contribution >= 4 is 11.9 Å². The van der Waals surface area contributed by atoms with Gasteiger partial charge in [-0.2, -0.15) is 18.3 Å². The third-order valence-electron chi connectivity index (χ3n) is 4.73. The Kier molecular flexibility index (Phi) is 5.43. The molecule has 0 radical (unpaired) electrons. The third-order valence-corrected chi connectivity index (χ3v) is 4.73. The van der Waals surface area contributed by atoms with Crippen molar-refractivity contribution in [3.8, 4) is 0 Å². The van der Waals surface area contributed by atoms with Gasteiger partial charge in [-0.3, -0.25) is 14.3 Å². The first-order valence-corrected chi connectivity index (χ1v) is 8.13. The molecule has 0 aromatic carbocycles. The Balaban J connectivity index is 2.14. The summed E-state index contributed by atoms with van der Waals surface area (Å²) in [7, 11) is 0. The highest BCUT2D eigenvalue weighted by Gasteiger charge is 2.34. The lowest BCUT2D eigenvalue weighted by atomic mass is 9.93. The highest BCUT2D eigenvalue weighted by atomic mass is 19.4. The number of piperidine rings is 1. The Hall–Kier alpha value is -2.06. The molecule has 0 spiro atoms. The van der Waals surface area contributed by atoms with E-state index in [1.54, 1.807) is 18.7 Å². The van der Waals surface area contributed by atoms with Crippen LogP contribution in [0.4, 0.5) is 13.2 Å². The summed E-state index contributed by atoms with van der Waals surface area (Å²) >= 11 is 0. The molecule has 1 saturated heterocycles. The van der Waals surface area contributed by atoms with E-state index in [4.69, 9.17) is 5.11 Å². The molecule has 140 valence electrons. The van der Waals surface area contributed by atoms with Gasteiger partial charge in [0.2, 0.25) is 5.91 Å². The molecular weight excluding hydrogens is 339 g/mol. The quantitative estimate of drug-likeness (QED) is 0.894. The number of aryl methyl sites for hydroxylation is 1. The van der Waals surface area contributed by atoms with Crippen LogP contribution >= 0.6 is 0 Å². The van der Waals surface area contributed by atoms with Crippen LogP contribution in [-0.2, 0) is 16.1 Å². The van der Waals surface area contributed by atoms with Crippen molar-refractivity contribution in [2.45, 2.75) is 52.3 Å². The second kappa shape index (κ2) is 7.05. The zero-order valence-corrected chi connectivity index (χ0v) is 14.4. The van der Waals surface area contributed by atoms with Crippen LogP contribution in [0.3, 0.4) is 0 Å². The van der Waals surface area contributed by atoms with Crippen LogP contribution in [0.15, 0.2) is 0 Å². The second-order valence-corrected chi connectivity index (χ2v) is 6.52. The Labute approximate surface area is 143 Å². The van der Waals surface area contributed by atoms with Gasteiger partial charge in [-0.15, -0.1) is 0 Å². The van der Waals surface area contributed by atoms with Gasteiger partial charge in [0, 0.05) is 24.3 Å². The highest BCUT2D eigenvalue weighted by molar-refractivity contribution is 5.84. The van der Waals surface area contributed by atoms with E-state index in [1.807, 2.05) is 0 Å². The van der Waals surface area contributed by atoms with E-state index >= 15 is 0 Å². The molecular formula is C16H22F3N3O3. The number of hydrogen-bond donors (Lipinski definition) is 1. The summed E-state index contributed by atoms with van der Waals surface area (Å²) in [5.41, 5.74) is 1.24. The molecule has 6 nitrogen and oxygen atoms in total. The molecule has 1 atom stereocenters. The minimum absolute atomic E-state index is 0.207. The van der Waals surface area contributed by atoms with Crippen molar-refractivity contribution in [2.24, 2.45) is 5.92 Å². The topological polar surface area (TPSA) is 75.4 Å². The van der Waals surface area contributed by atoms with Gasteiger partial charge in [0.1, 0.15) is 6.54 Å². The summed E-state index contributed by atoms with van der Waals surface area (Å²) < 4.78 is 38.8. The molecule has 2 rings (SSSR count). The summed E-state index contributed by atoms with van der Waals surface area (Å²) in [6.45, 7) is 4.27. The average molecular weight is 361 g/mol. The molecule has 1 aromatic heterocycles. The fraction of sp³-hybridized carbons (Fsp3) is 0.688. The zero-order chi connectivity index (χ0) is 18.9. The van der Waals surface area contributed by atoms with E-state index in [0.717, 1.165) is 4.68 Å². The van der Waals surface area contributed by atoms with E-state index < -0.39 is 30.5 Å². The van der Waals surface area contributed by atoms with Crippen molar-refractivity contribution in [3.63, 3.8) is 0 Å². The molecule has 25 heavy (non-hydrogen) atoms. The number of carboxylic acids is 1. The normalized spacial score (nSPS) is 17.6. The summed E-state index contributed by atoms with van der Waals surface area (Å²) in [4.78, 5) is 25.3. The number of carbonyl (C=O) groups is 2. The first-order chi connectivity index (χ1) is 11.5. The number of carbonyl (C=O) groups excluding carboxylic acids is 1. The Bertz CT molecular complexity index is 662. The van der Waals surface area contributed by atoms with Crippen LogP contribution in [-0.4, -0.2) is 50.9 Å². The lowest BCUT2D eigenvalue weighted by molar-refractivity contribution is -0.146. The summed E-state index contributed by atoms with van der Waals surface area (Å²) in [6, 6.07) is 0. The predicted octanol–water partition coefficient (Wildman–Crippen LogP) is 2.49. The first kappa shape index (κ1) is 19.3.